The van der Waals surface area contributed by atoms with Crippen molar-refractivity contribution in [2.75, 3.05) is 6.54 Å². The van der Waals surface area contributed by atoms with Crippen molar-refractivity contribution in [1.82, 2.24) is 15.0 Å². The zero-order valence-electron chi connectivity index (χ0n) is 13.9. The highest BCUT2D eigenvalue weighted by Gasteiger charge is 2.35. The van der Waals surface area contributed by atoms with Crippen LogP contribution >= 0.6 is 11.3 Å². The molecule has 0 saturated carbocycles. The van der Waals surface area contributed by atoms with E-state index in [-0.39, 0.29) is 29.2 Å². The number of likely N-dealkylation sites (tertiary alicyclic amines) is 1. The fourth-order valence-corrected chi connectivity index (χ4v) is 3.93. The first-order valence-corrected chi connectivity index (χ1v) is 9.01. The van der Waals surface area contributed by atoms with Crippen molar-refractivity contribution in [3.63, 3.8) is 0 Å². The highest BCUT2D eigenvalue weighted by molar-refractivity contribution is 7.13. The maximum absolute atomic E-state index is 13.9. The lowest BCUT2D eigenvalue weighted by atomic mass is 10.2. The highest BCUT2D eigenvalue weighted by Crippen LogP contribution is 2.34. The molecule has 1 amide bonds. The first-order chi connectivity index (χ1) is 12.5. The summed E-state index contributed by atoms with van der Waals surface area (Å²) >= 11 is 1.44. The minimum Gasteiger partial charge on any atom is -0.337 e. The van der Waals surface area contributed by atoms with Crippen molar-refractivity contribution in [3.8, 4) is 11.4 Å². The van der Waals surface area contributed by atoms with Crippen LogP contribution in [-0.4, -0.2) is 27.5 Å². The molecular weight excluding hydrogens is 360 g/mol. The quantitative estimate of drug-likeness (QED) is 0.682. The average molecular weight is 375 g/mol. The van der Waals surface area contributed by atoms with Crippen LogP contribution in [0, 0.1) is 18.6 Å². The molecule has 1 aliphatic heterocycles. The summed E-state index contributed by atoms with van der Waals surface area (Å²) in [5.74, 6) is -1.19. The number of aryl methyl sites for hydroxylation is 1. The summed E-state index contributed by atoms with van der Waals surface area (Å²) in [6.45, 7) is 2.55. The van der Waals surface area contributed by atoms with Crippen LogP contribution in [0.1, 0.15) is 39.3 Å². The Bertz CT molecular complexity index is 969. The molecule has 1 fully saturated rings. The lowest BCUT2D eigenvalue weighted by Gasteiger charge is -2.21. The minimum absolute atomic E-state index is 0.0452. The normalized spacial score (nSPS) is 17.0. The largest absolute Gasteiger partial charge is 0.337 e. The number of aromatic nitrogens is 2. The molecule has 26 heavy (non-hydrogen) atoms. The first kappa shape index (κ1) is 16.8. The third-order valence-electron chi connectivity index (χ3n) is 4.36. The van der Waals surface area contributed by atoms with Gasteiger partial charge in [0.05, 0.1) is 10.4 Å². The van der Waals surface area contributed by atoms with E-state index in [0.717, 1.165) is 23.4 Å². The molecule has 1 aliphatic rings. The van der Waals surface area contributed by atoms with Gasteiger partial charge in [-0.25, -0.2) is 8.78 Å². The van der Waals surface area contributed by atoms with Gasteiger partial charge in [0.25, 0.3) is 5.91 Å². The van der Waals surface area contributed by atoms with E-state index in [0.29, 0.717) is 17.8 Å². The van der Waals surface area contributed by atoms with Gasteiger partial charge in [-0.1, -0.05) is 5.16 Å². The van der Waals surface area contributed by atoms with Gasteiger partial charge >= 0.3 is 0 Å². The Morgan fingerprint density at radius 1 is 1.31 bits per heavy atom. The number of thiophene rings is 1. The number of halogens is 2. The standard InChI is InChI=1S/C18H15F2N3O2S/c1-10-4-7-15(26-10)18(24)23-8-2-3-14(23)17-21-16(22-25-17)12-6-5-11(19)9-13(12)20/h4-7,9,14H,2-3,8H2,1H3/t14-/m1/s1. The van der Waals surface area contributed by atoms with E-state index in [1.165, 1.54) is 17.4 Å². The molecule has 8 heteroatoms. The molecule has 1 saturated heterocycles. The second-order valence-corrected chi connectivity index (χ2v) is 7.44. The van der Waals surface area contributed by atoms with Crippen molar-refractivity contribution in [2.24, 2.45) is 0 Å². The number of amides is 1. The molecule has 5 nitrogen and oxygen atoms in total. The van der Waals surface area contributed by atoms with Crippen LogP contribution in [0.4, 0.5) is 8.78 Å². The van der Waals surface area contributed by atoms with Crippen LogP contribution in [0.5, 0.6) is 0 Å². The Morgan fingerprint density at radius 3 is 2.88 bits per heavy atom. The predicted octanol–water partition coefficient (Wildman–Crippen LogP) is 4.36. The third kappa shape index (κ3) is 3.01. The average Bonchev–Trinajstić information content (AvgIpc) is 3.34. The molecule has 4 rings (SSSR count). The fourth-order valence-electron chi connectivity index (χ4n) is 3.11. The molecule has 0 radical (unpaired) electrons. The molecule has 1 atom stereocenters. The van der Waals surface area contributed by atoms with E-state index in [1.54, 1.807) is 4.90 Å². The van der Waals surface area contributed by atoms with E-state index >= 15 is 0 Å². The van der Waals surface area contributed by atoms with Gasteiger partial charge in [-0.3, -0.25) is 4.79 Å². The van der Waals surface area contributed by atoms with E-state index < -0.39 is 11.6 Å². The Morgan fingerprint density at radius 2 is 2.15 bits per heavy atom. The number of carbonyl (C=O) groups is 1. The van der Waals surface area contributed by atoms with Gasteiger partial charge in [0.1, 0.15) is 17.7 Å². The molecule has 0 bridgehead atoms. The zero-order valence-corrected chi connectivity index (χ0v) is 14.7. The van der Waals surface area contributed by atoms with Crippen molar-refractivity contribution in [2.45, 2.75) is 25.8 Å². The van der Waals surface area contributed by atoms with Crippen LogP contribution in [-0.2, 0) is 0 Å². The number of rotatable bonds is 3. The first-order valence-electron chi connectivity index (χ1n) is 8.19. The minimum atomic E-state index is -0.759. The molecule has 0 N–H and O–H groups in total. The van der Waals surface area contributed by atoms with Crippen molar-refractivity contribution in [3.05, 3.63) is 57.6 Å². The smallest absolute Gasteiger partial charge is 0.264 e. The van der Waals surface area contributed by atoms with Crippen molar-refractivity contribution < 1.29 is 18.1 Å². The molecule has 0 aliphatic carbocycles. The van der Waals surface area contributed by atoms with E-state index in [4.69, 9.17) is 4.52 Å². The van der Waals surface area contributed by atoms with Crippen LogP contribution in [0.25, 0.3) is 11.4 Å². The van der Waals surface area contributed by atoms with Gasteiger partial charge in [0.2, 0.25) is 11.7 Å². The number of nitrogens with zero attached hydrogens (tertiary/aromatic N) is 3. The van der Waals surface area contributed by atoms with Crippen molar-refractivity contribution >= 4 is 17.2 Å². The Kier molecular flexibility index (Phi) is 4.28. The molecule has 134 valence electrons. The summed E-state index contributed by atoms with van der Waals surface area (Å²) in [5, 5.41) is 3.81. The van der Waals surface area contributed by atoms with E-state index in [2.05, 4.69) is 10.1 Å². The maximum atomic E-state index is 13.9. The Labute approximate surface area is 152 Å². The van der Waals surface area contributed by atoms with E-state index in [1.807, 2.05) is 19.1 Å². The van der Waals surface area contributed by atoms with Crippen LogP contribution in [0.2, 0.25) is 0 Å². The molecule has 1 aromatic carbocycles. The zero-order chi connectivity index (χ0) is 18.3. The fraction of sp³-hybridized carbons (Fsp3) is 0.278. The summed E-state index contributed by atoms with van der Waals surface area (Å²) in [4.78, 5) is 20.5. The van der Waals surface area contributed by atoms with Gasteiger partial charge in [0, 0.05) is 17.5 Å². The predicted molar refractivity (Wildman–Crippen MR) is 91.7 cm³/mol. The number of carbonyl (C=O) groups excluding carboxylic acids is 1. The summed E-state index contributed by atoms with van der Waals surface area (Å²) in [7, 11) is 0. The monoisotopic (exact) mass is 375 g/mol. The topological polar surface area (TPSA) is 59.2 Å². The molecule has 2 aromatic heterocycles. The molecule has 3 aromatic rings. The van der Waals surface area contributed by atoms with Crippen molar-refractivity contribution in [1.29, 1.82) is 0 Å². The van der Waals surface area contributed by atoms with Gasteiger partial charge in [-0.05, 0) is 44.0 Å². The summed E-state index contributed by atoms with van der Waals surface area (Å²) < 4.78 is 32.3. The molecule has 3 heterocycles. The number of hydrogen-bond acceptors (Lipinski definition) is 5. The molecule has 0 unspecified atom stereocenters. The second-order valence-electron chi connectivity index (χ2n) is 6.15. The van der Waals surface area contributed by atoms with Gasteiger partial charge in [-0.15, -0.1) is 11.3 Å². The molecular formula is C18H15F2N3O2S. The summed E-state index contributed by atoms with van der Waals surface area (Å²) in [6, 6.07) is 6.56. The Hall–Kier alpha value is -2.61. The number of benzene rings is 1. The van der Waals surface area contributed by atoms with Gasteiger partial charge < -0.3 is 9.42 Å². The number of hydrogen-bond donors (Lipinski definition) is 0. The van der Waals surface area contributed by atoms with Crippen LogP contribution < -0.4 is 0 Å². The van der Waals surface area contributed by atoms with Crippen LogP contribution in [0.15, 0.2) is 34.9 Å². The van der Waals surface area contributed by atoms with Crippen LogP contribution in [0.3, 0.4) is 0 Å². The lowest BCUT2D eigenvalue weighted by Crippen LogP contribution is -2.30. The van der Waals surface area contributed by atoms with Gasteiger partial charge in [-0.2, -0.15) is 4.98 Å². The second kappa shape index (κ2) is 6.60. The van der Waals surface area contributed by atoms with E-state index in [9.17, 15) is 13.6 Å². The lowest BCUT2D eigenvalue weighted by molar-refractivity contribution is 0.0715. The summed E-state index contributed by atoms with van der Waals surface area (Å²) in [6.07, 6.45) is 1.52. The van der Waals surface area contributed by atoms with Gasteiger partial charge in [0.15, 0.2) is 0 Å². The third-order valence-corrected chi connectivity index (χ3v) is 5.35. The maximum Gasteiger partial charge on any atom is 0.264 e. The summed E-state index contributed by atoms with van der Waals surface area (Å²) in [5.41, 5.74) is 0.0613. The molecule has 0 spiro atoms. The Balaban J connectivity index is 1.61. The highest BCUT2D eigenvalue weighted by atomic mass is 32.1. The SMILES string of the molecule is Cc1ccc(C(=O)N2CCC[C@@H]2c2nc(-c3ccc(F)cc3F)no2)s1.